The standard InChI is InChI=1S/C11H21NO/c1-9-5-7-12(8-6-9)10-3-2-4-11(10)13/h9-11,13H,2-8H2,1H3. The van der Waals surface area contributed by atoms with Crippen LogP contribution < -0.4 is 0 Å². The van der Waals surface area contributed by atoms with Gasteiger partial charge in [-0.25, -0.2) is 0 Å². The number of hydrogen-bond acceptors (Lipinski definition) is 2. The maximum Gasteiger partial charge on any atom is 0.0695 e. The molecule has 13 heavy (non-hydrogen) atoms. The number of aliphatic hydroxyl groups is 1. The molecule has 0 bridgehead atoms. The van der Waals surface area contributed by atoms with E-state index in [0.717, 1.165) is 12.3 Å². The van der Waals surface area contributed by atoms with Crippen LogP contribution in [-0.2, 0) is 0 Å². The molecule has 1 saturated carbocycles. The van der Waals surface area contributed by atoms with Gasteiger partial charge in [-0.05, 0) is 51.1 Å². The molecule has 1 heterocycles. The van der Waals surface area contributed by atoms with Crippen LogP contribution in [0.25, 0.3) is 0 Å². The van der Waals surface area contributed by atoms with Crippen molar-refractivity contribution in [2.24, 2.45) is 5.92 Å². The van der Waals surface area contributed by atoms with Crippen LogP contribution >= 0.6 is 0 Å². The van der Waals surface area contributed by atoms with Crippen LogP contribution in [0.4, 0.5) is 0 Å². The molecule has 0 aromatic heterocycles. The number of piperidine rings is 1. The Morgan fingerprint density at radius 1 is 1.08 bits per heavy atom. The first kappa shape index (κ1) is 9.47. The van der Waals surface area contributed by atoms with Gasteiger partial charge in [0.25, 0.3) is 0 Å². The largest absolute Gasteiger partial charge is 0.391 e. The van der Waals surface area contributed by atoms with Gasteiger partial charge in [0.2, 0.25) is 0 Å². The molecule has 2 nitrogen and oxygen atoms in total. The summed E-state index contributed by atoms with van der Waals surface area (Å²) < 4.78 is 0. The molecule has 2 atom stereocenters. The van der Waals surface area contributed by atoms with Crippen molar-refractivity contribution in [2.45, 2.75) is 51.2 Å². The third-order valence-corrected chi connectivity index (χ3v) is 3.73. The quantitative estimate of drug-likeness (QED) is 0.668. The number of nitrogens with zero attached hydrogens (tertiary/aromatic N) is 1. The fourth-order valence-electron chi connectivity index (χ4n) is 2.71. The smallest absolute Gasteiger partial charge is 0.0695 e. The highest BCUT2D eigenvalue weighted by atomic mass is 16.3. The molecule has 2 fully saturated rings. The summed E-state index contributed by atoms with van der Waals surface area (Å²) in [7, 11) is 0. The maximum absolute atomic E-state index is 9.77. The Morgan fingerprint density at radius 2 is 1.77 bits per heavy atom. The Hall–Kier alpha value is -0.0800. The van der Waals surface area contributed by atoms with Crippen molar-refractivity contribution in [3.05, 3.63) is 0 Å². The third kappa shape index (κ3) is 2.05. The van der Waals surface area contributed by atoms with E-state index in [0.29, 0.717) is 6.04 Å². The lowest BCUT2D eigenvalue weighted by Gasteiger charge is -2.36. The number of likely N-dealkylation sites (tertiary alicyclic amines) is 1. The average Bonchev–Trinajstić information content (AvgIpc) is 2.53. The van der Waals surface area contributed by atoms with Crippen molar-refractivity contribution in [1.82, 2.24) is 4.90 Å². The summed E-state index contributed by atoms with van der Waals surface area (Å²) in [4.78, 5) is 2.51. The van der Waals surface area contributed by atoms with E-state index in [-0.39, 0.29) is 6.10 Å². The monoisotopic (exact) mass is 183 g/mol. The van der Waals surface area contributed by atoms with Gasteiger partial charge >= 0.3 is 0 Å². The third-order valence-electron chi connectivity index (χ3n) is 3.73. The van der Waals surface area contributed by atoms with Gasteiger partial charge in [0.1, 0.15) is 0 Å². The summed E-state index contributed by atoms with van der Waals surface area (Å²) in [6, 6.07) is 0.493. The predicted molar refractivity (Wildman–Crippen MR) is 53.6 cm³/mol. The summed E-state index contributed by atoms with van der Waals surface area (Å²) >= 11 is 0. The zero-order chi connectivity index (χ0) is 9.26. The molecular weight excluding hydrogens is 162 g/mol. The van der Waals surface area contributed by atoms with E-state index in [1.165, 1.54) is 38.8 Å². The SMILES string of the molecule is CC1CCN(C2CCCC2O)CC1. The lowest BCUT2D eigenvalue weighted by molar-refractivity contribution is 0.0501. The molecule has 1 saturated heterocycles. The molecule has 0 radical (unpaired) electrons. The minimum absolute atomic E-state index is 0.0339. The van der Waals surface area contributed by atoms with E-state index in [9.17, 15) is 5.11 Å². The van der Waals surface area contributed by atoms with Gasteiger partial charge < -0.3 is 5.11 Å². The van der Waals surface area contributed by atoms with Crippen LogP contribution in [0, 0.1) is 5.92 Å². The van der Waals surface area contributed by atoms with Crippen LogP contribution in [-0.4, -0.2) is 35.2 Å². The average molecular weight is 183 g/mol. The van der Waals surface area contributed by atoms with E-state index in [4.69, 9.17) is 0 Å². The van der Waals surface area contributed by atoms with E-state index in [1.54, 1.807) is 0 Å². The van der Waals surface area contributed by atoms with Gasteiger partial charge in [0.05, 0.1) is 6.10 Å². The van der Waals surface area contributed by atoms with E-state index in [2.05, 4.69) is 11.8 Å². The molecule has 2 aliphatic rings. The van der Waals surface area contributed by atoms with Crippen molar-refractivity contribution >= 4 is 0 Å². The summed E-state index contributed by atoms with van der Waals surface area (Å²) in [5.41, 5.74) is 0. The van der Waals surface area contributed by atoms with Crippen LogP contribution in [0.1, 0.15) is 39.0 Å². The van der Waals surface area contributed by atoms with Crippen LogP contribution in [0.3, 0.4) is 0 Å². The first-order valence-electron chi connectivity index (χ1n) is 5.69. The van der Waals surface area contributed by atoms with Crippen LogP contribution in [0.2, 0.25) is 0 Å². The number of aliphatic hydroxyl groups excluding tert-OH is 1. The summed E-state index contributed by atoms with van der Waals surface area (Å²) in [6.07, 6.45) is 6.07. The van der Waals surface area contributed by atoms with E-state index < -0.39 is 0 Å². The highest BCUT2D eigenvalue weighted by Gasteiger charge is 2.31. The molecule has 2 rings (SSSR count). The normalized spacial score (nSPS) is 38.3. The molecule has 2 unspecified atom stereocenters. The van der Waals surface area contributed by atoms with Gasteiger partial charge in [-0.2, -0.15) is 0 Å². The second-order valence-electron chi connectivity index (χ2n) is 4.78. The number of hydrogen-bond donors (Lipinski definition) is 1. The highest BCUT2D eigenvalue weighted by molar-refractivity contribution is 4.87. The maximum atomic E-state index is 9.77. The van der Waals surface area contributed by atoms with Gasteiger partial charge in [-0.1, -0.05) is 6.92 Å². The summed E-state index contributed by atoms with van der Waals surface area (Å²) in [6.45, 7) is 4.76. The zero-order valence-corrected chi connectivity index (χ0v) is 8.58. The lowest BCUT2D eigenvalue weighted by atomic mass is 9.97. The fraction of sp³-hybridized carbons (Fsp3) is 1.00. The lowest BCUT2D eigenvalue weighted by Crippen LogP contribution is -2.44. The highest BCUT2D eigenvalue weighted by Crippen LogP contribution is 2.27. The molecular formula is C11H21NO. The van der Waals surface area contributed by atoms with Gasteiger partial charge in [-0.3, -0.25) is 4.90 Å². The molecule has 0 spiro atoms. The summed E-state index contributed by atoms with van der Waals surface area (Å²) in [5, 5.41) is 9.77. The second-order valence-corrected chi connectivity index (χ2v) is 4.78. The molecule has 0 aromatic carbocycles. The predicted octanol–water partition coefficient (Wildman–Crippen LogP) is 1.63. The molecule has 76 valence electrons. The Labute approximate surface area is 80.9 Å². The van der Waals surface area contributed by atoms with Crippen molar-refractivity contribution < 1.29 is 5.11 Å². The minimum Gasteiger partial charge on any atom is -0.391 e. The minimum atomic E-state index is -0.0339. The Bertz CT molecular complexity index is 163. The first-order valence-corrected chi connectivity index (χ1v) is 5.69. The molecule has 0 amide bonds. The Morgan fingerprint density at radius 3 is 2.31 bits per heavy atom. The van der Waals surface area contributed by atoms with E-state index >= 15 is 0 Å². The Balaban J connectivity index is 1.86. The first-order chi connectivity index (χ1) is 6.27. The van der Waals surface area contributed by atoms with Crippen LogP contribution in [0.5, 0.6) is 0 Å². The number of rotatable bonds is 1. The van der Waals surface area contributed by atoms with Crippen molar-refractivity contribution in [3.8, 4) is 0 Å². The van der Waals surface area contributed by atoms with Gasteiger partial charge in [0, 0.05) is 6.04 Å². The molecule has 0 aromatic rings. The second kappa shape index (κ2) is 3.97. The molecule has 2 heteroatoms. The van der Waals surface area contributed by atoms with E-state index in [1.807, 2.05) is 0 Å². The topological polar surface area (TPSA) is 23.5 Å². The van der Waals surface area contributed by atoms with Crippen molar-refractivity contribution in [1.29, 1.82) is 0 Å². The van der Waals surface area contributed by atoms with Crippen LogP contribution in [0.15, 0.2) is 0 Å². The molecule has 1 aliphatic carbocycles. The Kier molecular flexibility index (Phi) is 2.89. The van der Waals surface area contributed by atoms with Crippen molar-refractivity contribution in [3.63, 3.8) is 0 Å². The summed E-state index contributed by atoms with van der Waals surface area (Å²) in [5.74, 6) is 0.898. The molecule has 1 N–H and O–H groups in total. The zero-order valence-electron chi connectivity index (χ0n) is 8.58. The van der Waals surface area contributed by atoms with Gasteiger partial charge in [0.15, 0.2) is 0 Å². The van der Waals surface area contributed by atoms with Crippen molar-refractivity contribution in [2.75, 3.05) is 13.1 Å². The molecule has 1 aliphatic heterocycles. The fourth-order valence-corrected chi connectivity index (χ4v) is 2.71. The van der Waals surface area contributed by atoms with Gasteiger partial charge in [-0.15, -0.1) is 0 Å².